The Bertz CT molecular complexity index is 633. The van der Waals surface area contributed by atoms with Crippen molar-refractivity contribution in [2.75, 3.05) is 7.11 Å². The zero-order valence-electron chi connectivity index (χ0n) is 12.2. The molecule has 106 valence electrons. The maximum absolute atomic E-state index is 13.4. The summed E-state index contributed by atoms with van der Waals surface area (Å²) in [6.07, 6.45) is 0. The number of aryl methyl sites for hydroxylation is 1. The molecule has 2 aromatic rings. The third-order valence-corrected chi connectivity index (χ3v) is 3.79. The van der Waals surface area contributed by atoms with E-state index >= 15 is 0 Å². The minimum Gasteiger partial charge on any atom is -0.496 e. The molecule has 1 unspecified atom stereocenters. The molecule has 2 aromatic carbocycles. The minimum absolute atomic E-state index is 0.370. The molecule has 1 N–H and O–H groups in total. The number of halogens is 1. The molecule has 0 aliphatic rings. The first kappa shape index (κ1) is 14.5. The van der Waals surface area contributed by atoms with Crippen molar-refractivity contribution >= 4 is 0 Å². The van der Waals surface area contributed by atoms with Gasteiger partial charge < -0.3 is 9.84 Å². The standard InChI is InChI=1S/C17H19FO2/c1-11-8-9-15(16(20-4)12(11)2)17(3,19)13-6-5-7-14(18)10-13/h5-10,19H,1-4H3. The average molecular weight is 274 g/mol. The van der Waals surface area contributed by atoms with Gasteiger partial charge in [0.05, 0.1) is 7.11 Å². The highest BCUT2D eigenvalue weighted by atomic mass is 19.1. The number of rotatable bonds is 3. The molecule has 0 aliphatic carbocycles. The molecule has 0 amide bonds. The lowest BCUT2D eigenvalue weighted by atomic mass is 9.85. The fourth-order valence-corrected chi connectivity index (χ4v) is 2.38. The van der Waals surface area contributed by atoms with Crippen LogP contribution < -0.4 is 4.74 Å². The molecule has 20 heavy (non-hydrogen) atoms. The molecule has 2 rings (SSSR count). The number of benzene rings is 2. The van der Waals surface area contributed by atoms with Gasteiger partial charge in [0.25, 0.3) is 0 Å². The molecule has 3 heteroatoms. The van der Waals surface area contributed by atoms with Gasteiger partial charge in [0, 0.05) is 5.56 Å². The minimum atomic E-state index is -1.31. The molecule has 0 spiro atoms. The van der Waals surface area contributed by atoms with Gasteiger partial charge in [-0.1, -0.05) is 24.3 Å². The lowest BCUT2D eigenvalue weighted by Gasteiger charge is -2.27. The highest BCUT2D eigenvalue weighted by Gasteiger charge is 2.30. The molecule has 0 bridgehead atoms. The lowest BCUT2D eigenvalue weighted by molar-refractivity contribution is 0.0984. The molecular weight excluding hydrogens is 255 g/mol. The van der Waals surface area contributed by atoms with E-state index in [1.807, 2.05) is 26.0 Å². The largest absolute Gasteiger partial charge is 0.496 e. The van der Waals surface area contributed by atoms with Crippen LogP contribution in [0.25, 0.3) is 0 Å². The summed E-state index contributed by atoms with van der Waals surface area (Å²) in [4.78, 5) is 0. The van der Waals surface area contributed by atoms with Crippen molar-refractivity contribution in [3.8, 4) is 5.75 Å². The van der Waals surface area contributed by atoms with Crippen molar-refractivity contribution < 1.29 is 14.2 Å². The van der Waals surface area contributed by atoms with Crippen LogP contribution in [0.3, 0.4) is 0 Å². The number of methoxy groups -OCH3 is 1. The second kappa shape index (κ2) is 5.25. The molecular formula is C17H19FO2. The zero-order chi connectivity index (χ0) is 14.9. The van der Waals surface area contributed by atoms with E-state index in [0.29, 0.717) is 16.9 Å². The van der Waals surface area contributed by atoms with Crippen LogP contribution in [0.1, 0.15) is 29.2 Å². The summed E-state index contributed by atoms with van der Waals surface area (Å²) in [5, 5.41) is 10.9. The predicted molar refractivity (Wildman–Crippen MR) is 77.5 cm³/mol. The second-order valence-electron chi connectivity index (χ2n) is 5.17. The number of ether oxygens (including phenoxy) is 1. The summed E-state index contributed by atoms with van der Waals surface area (Å²) in [6, 6.07) is 9.75. The quantitative estimate of drug-likeness (QED) is 0.924. The third-order valence-electron chi connectivity index (χ3n) is 3.79. The van der Waals surface area contributed by atoms with Crippen molar-refractivity contribution in [1.29, 1.82) is 0 Å². The maximum atomic E-state index is 13.4. The van der Waals surface area contributed by atoms with Gasteiger partial charge in [0.2, 0.25) is 0 Å². The normalized spacial score (nSPS) is 13.9. The maximum Gasteiger partial charge on any atom is 0.128 e. The Morgan fingerprint density at radius 2 is 1.85 bits per heavy atom. The van der Waals surface area contributed by atoms with Crippen molar-refractivity contribution in [3.63, 3.8) is 0 Å². The summed E-state index contributed by atoms with van der Waals surface area (Å²) < 4.78 is 18.8. The zero-order valence-corrected chi connectivity index (χ0v) is 12.2. The molecule has 0 aliphatic heterocycles. The molecule has 0 heterocycles. The topological polar surface area (TPSA) is 29.5 Å². The lowest BCUT2D eigenvalue weighted by Crippen LogP contribution is -2.24. The summed E-state index contributed by atoms with van der Waals surface area (Å²) in [5.74, 6) is 0.268. The SMILES string of the molecule is COc1c(C(C)(O)c2cccc(F)c2)ccc(C)c1C. The highest BCUT2D eigenvalue weighted by Crippen LogP contribution is 2.38. The van der Waals surface area contributed by atoms with Crippen LogP contribution in [0.2, 0.25) is 0 Å². The first-order chi connectivity index (χ1) is 9.37. The number of hydrogen-bond acceptors (Lipinski definition) is 2. The summed E-state index contributed by atoms with van der Waals surface area (Å²) in [7, 11) is 1.58. The van der Waals surface area contributed by atoms with Crippen LogP contribution in [0.4, 0.5) is 4.39 Å². The van der Waals surface area contributed by atoms with E-state index in [2.05, 4.69) is 0 Å². The van der Waals surface area contributed by atoms with Gasteiger partial charge in [-0.3, -0.25) is 0 Å². The Labute approximate surface area is 118 Å². The molecule has 0 radical (unpaired) electrons. The van der Waals surface area contributed by atoms with Gasteiger partial charge in [-0.15, -0.1) is 0 Å². The smallest absolute Gasteiger partial charge is 0.128 e. The Kier molecular flexibility index (Phi) is 3.82. The Hall–Kier alpha value is -1.87. The van der Waals surface area contributed by atoms with E-state index in [9.17, 15) is 9.50 Å². The molecule has 2 nitrogen and oxygen atoms in total. The van der Waals surface area contributed by atoms with E-state index < -0.39 is 5.60 Å². The molecule has 0 aromatic heterocycles. The van der Waals surface area contributed by atoms with Gasteiger partial charge in [0.15, 0.2) is 0 Å². The van der Waals surface area contributed by atoms with Crippen molar-refractivity contribution in [3.05, 3.63) is 64.5 Å². The Morgan fingerprint density at radius 3 is 2.45 bits per heavy atom. The summed E-state index contributed by atoms with van der Waals surface area (Å²) in [6.45, 7) is 5.58. The van der Waals surface area contributed by atoms with Gasteiger partial charge in [-0.2, -0.15) is 0 Å². The predicted octanol–water partition coefficient (Wildman–Crippen LogP) is 3.71. The van der Waals surface area contributed by atoms with Crippen LogP contribution >= 0.6 is 0 Å². The van der Waals surface area contributed by atoms with E-state index in [1.54, 1.807) is 26.2 Å². The molecule has 1 atom stereocenters. The van der Waals surface area contributed by atoms with Gasteiger partial charge in [-0.05, 0) is 49.6 Å². The van der Waals surface area contributed by atoms with Gasteiger partial charge in [0.1, 0.15) is 17.2 Å². The van der Waals surface area contributed by atoms with Crippen molar-refractivity contribution in [2.24, 2.45) is 0 Å². The van der Waals surface area contributed by atoms with Gasteiger partial charge >= 0.3 is 0 Å². The molecule has 0 saturated carbocycles. The van der Waals surface area contributed by atoms with E-state index in [-0.39, 0.29) is 5.82 Å². The van der Waals surface area contributed by atoms with Crippen LogP contribution in [0, 0.1) is 19.7 Å². The first-order valence-electron chi connectivity index (χ1n) is 6.51. The van der Waals surface area contributed by atoms with Crippen LogP contribution in [0.5, 0.6) is 5.75 Å². The fraction of sp³-hybridized carbons (Fsp3) is 0.294. The average Bonchev–Trinajstić information content (AvgIpc) is 2.41. The molecule has 0 fully saturated rings. The number of aliphatic hydroxyl groups is 1. The Morgan fingerprint density at radius 1 is 1.15 bits per heavy atom. The Balaban J connectivity index is 2.63. The first-order valence-corrected chi connectivity index (χ1v) is 6.51. The van der Waals surface area contributed by atoms with Crippen molar-refractivity contribution in [1.82, 2.24) is 0 Å². The van der Waals surface area contributed by atoms with Gasteiger partial charge in [-0.25, -0.2) is 4.39 Å². The highest BCUT2D eigenvalue weighted by molar-refractivity contribution is 5.51. The fourth-order valence-electron chi connectivity index (χ4n) is 2.38. The monoisotopic (exact) mass is 274 g/mol. The van der Waals surface area contributed by atoms with Crippen molar-refractivity contribution in [2.45, 2.75) is 26.4 Å². The number of hydrogen-bond donors (Lipinski definition) is 1. The van der Waals surface area contributed by atoms with Crippen LogP contribution in [-0.2, 0) is 5.60 Å². The summed E-state index contributed by atoms with van der Waals surface area (Å²) >= 11 is 0. The van der Waals surface area contributed by atoms with Crippen LogP contribution in [-0.4, -0.2) is 12.2 Å². The summed E-state index contributed by atoms with van der Waals surface area (Å²) in [5.41, 5.74) is 1.88. The molecule has 0 saturated heterocycles. The van der Waals surface area contributed by atoms with E-state index in [0.717, 1.165) is 11.1 Å². The van der Waals surface area contributed by atoms with E-state index in [4.69, 9.17) is 4.74 Å². The second-order valence-corrected chi connectivity index (χ2v) is 5.17. The van der Waals surface area contributed by atoms with Crippen LogP contribution in [0.15, 0.2) is 36.4 Å². The van der Waals surface area contributed by atoms with E-state index in [1.165, 1.54) is 12.1 Å². The third kappa shape index (κ3) is 2.41.